The summed E-state index contributed by atoms with van der Waals surface area (Å²) in [6, 6.07) is 0. The lowest BCUT2D eigenvalue weighted by Crippen LogP contribution is -2.42. The molecule has 0 atom stereocenters. The molecule has 4 heteroatoms. The molecule has 0 aromatic carbocycles. The third kappa shape index (κ3) is 28.2. The van der Waals surface area contributed by atoms with E-state index in [0.29, 0.717) is 18.1 Å². The van der Waals surface area contributed by atoms with Crippen molar-refractivity contribution in [2.45, 2.75) is 213 Å². The Morgan fingerprint density at radius 2 is 0.600 bits per heavy atom. The normalized spacial score (nSPS) is 13.1. The lowest BCUT2D eigenvalue weighted by molar-refractivity contribution is 0.257. The molecule has 0 bridgehead atoms. The summed E-state index contributed by atoms with van der Waals surface area (Å²) in [4.78, 5) is 0. The molecule has 0 fully saturated rings. The maximum absolute atomic E-state index is 13.9. The van der Waals surface area contributed by atoms with E-state index in [1.807, 2.05) is 0 Å². The minimum absolute atomic E-state index is 0.350. The van der Waals surface area contributed by atoms with Crippen molar-refractivity contribution in [2.75, 3.05) is 18.1 Å². The van der Waals surface area contributed by atoms with Gasteiger partial charge in [-0.15, -0.1) is 0 Å². The zero-order valence-corrected chi connectivity index (χ0v) is 28.8. The summed E-state index contributed by atoms with van der Waals surface area (Å²) in [5, 5.41) is 0. The molecule has 0 saturated carbocycles. The molecule has 0 aliphatic heterocycles. The van der Waals surface area contributed by atoms with Crippen LogP contribution in [0.2, 0.25) is 0 Å². The summed E-state index contributed by atoms with van der Waals surface area (Å²) in [5.41, 5.74) is 0. The van der Waals surface area contributed by atoms with Gasteiger partial charge in [0.05, 0.1) is 16.2 Å². The van der Waals surface area contributed by atoms with Crippen molar-refractivity contribution < 1.29 is 12.9 Å². The molecule has 0 unspecified atom stereocenters. The van der Waals surface area contributed by atoms with Gasteiger partial charge in [-0.3, -0.25) is 4.18 Å². The number of hydrogen-bond donors (Lipinski definition) is 1. The van der Waals surface area contributed by atoms with Crippen LogP contribution in [0.4, 0.5) is 0 Å². The van der Waals surface area contributed by atoms with E-state index < -0.39 is 9.63 Å². The van der Waals surface area contributed by atoms with Crippen molar-refractivity contribution in [3.05, 3.63) is 0 Å². The van der Waals surface area contributed by atoms with Crippen molar-refractivity contribution in [1.29, 1.82) is 0 Å². The molecule has 0 aromatic rings. The van der Waals surface area contributed by atoms with E-state index in [2.05, 4.69) is 20.8 Å². The Balaban J connectivity index is 4.25. The second kappa shape index (κ2) is 29.2. The van der Waals surface area contributed by atoms with Crippen LogP contribution in [0.1, 0.15) is 213 Å². The van der Waals surface area contributed by atoms with Crippen LogP contribution < -0.4 is 0 Å². The summed E-state index contributed by atoms with van der Waals surface area (Å²) >= 11 is 0. The van der Waals surface area contributed by atoms with E-state index in [4.69, 9.17) is 4.18 Å². The summed E-state index contributed by atoms with van der Waals surface area (Å²) in [5.74, 6) is 0.700. The molecule has 40 heavy (non-hydrogen) atoms. The van der Waals surface area contributed by atoms with Crippen LogP contribution in [0, 0.1) is 0 Å². The highest BCUT2D eigenvalue weighted by Gasteiger charge is 2.33. The first-order chi connectivity index (χ1) is 19.5. The topological polar surface area (TPSA) is 46.5 Å². The van der Waals surface area contributed by atoms with Crippen LogP contribution in [0.5, 0.6) is 0 Å². The molecule has 244 valence electrons. The van der Waals surface area contributed by atoms with Crippen molar-refractivity contribution in [1.82, 2.24) is 0 Å². The fourth-order valence-electron chi connectivity index (χ4n) is 5.81. The SMILES string of the molecule is CCCCCCCCCCCCOS(=O)(O)(CCCCCCCCCCCC)CCCCCCCCCCCC. The standard InChI is InChI=1S/C36H76O3S/c1-4-7-10-13-16-19-22-25-28-31-34-39-40(37,38,35-32-29-26-23-20-17-14-11-8-5-2)36-33-30-27-24-21-18-15-12-9-6-3/h4-36H2,1-3H3,(H,37,38). The minimum Gasteiger partial charge on any atom is -0.307 e. The number of rotatable bonds is 34. The summed E-state index contributed by atoms with van der Waals surface area (Å²) in [6.45, 7) is 7.26. The van der Waals surface area contributed by atoms with E-state index in [1.54, 1.807) is 0 Å². The van der Waals surface area contributed by atoms with Crippen molar-refractivity contribution >= 4 is 9.63 Å². The second-order valence-corrected chi connectivity index (χ2v) is 16.3. The van der Waals surface area contributed by atoms with Gasteiger partial charge in [-0.1, -0.05) is 194 Å². The van der Waals surface area contributed by atoms with Gasteiger partial charge in [0, 0.05) is 11.5 Å². The van der Waals surface area contributed by atoms with Gasteiger partial charge in [0.25, 0.3) is 0 Å². The average molecular weight is 589 g/mol. The molecule has 0 heterocycles. The van der Waals surface area contributed by atoms with Crippen LogP contribution in [0.25, 0.3) is 0 Å². The Labute approximate surface area is 253 Å². The maximum Gasteiger partial charge on any atom is 0.0849 e. The van der Waals surface area contributed by atoms with Crippen molar-refractivity contribution in [3.8, 4) is 0 Å². The van der Waals surface area contributed by atoms with Crippen LogP contribution in [0.15, 0.2) is 0 Å². The van der Waals surface area contributed by atoms with Gasteiger partial charge in [0.1, 0.15) is 0 Å². The van der Waals surface area contributed by atoms with Gasteiger partial charge in [-0.2, -0.15) is 0 Å². The van der Waals surface area contributed by atoms with E-state index >= 15 is 0 Å². The Morgan fingerprint density at radius 3 is 0.875 bits per heavy atom. The third-order valence-electron chi connectivity index (χ3n) is 8.65. The number of unbranched alkanes of at least 4 members (excludes halogenated alkanes) is 27. The second-order valence-electron chi connectivity index (χ2n) is 12.9. The predicted octanol–water partition coefficient (Wildman–Crippen LogP) is 13.0. The smallest absolute Gasteiger partial charge is 0.0849 e. The molecule has 0 aliphatic rings. The zero-order chi connectivity index (χ0) is 29.5. The van der Waals surface area contributed by atoms with Crippen LogP contribution in [-0.4, -0.2) is 26.9 Å². The van der Waals surface area contributed by atoms with E-state index in [1.165, 1.54) is 154 Å². The monoisotopic (exact) mass is 589 g/mol. The molecule has 0 radical (unpaired) electrons. The predicted molar refractivity (Wildman–Crippen MR) is 182 cm³/mol. The minimum atomic E-state index is -3.98. The molecular weight excluding hydrogens is 512 g/mol. The van der Waals surface area contributed by atoms with Gasteiger partial charge < -0.3 is 4.55 Å². The molecule has 0 aliphatic carbocycles. The average Bonchev–Trinajstić information content (AvgIpc) is 2.94. The van der Waals surface area contributed by atoms with Gasteiger partial charge in [0.2, 0.25) is 0 Å². The summed E-state index contributed by atoms with van der Waals surface area (Å²) in [7, 11) is -3.98. The quantitative estimate of drug-likeness (QED) is 0.0760. The first-order valence-corrected chi connectivity index (χ1v) is 20.7. The molecule has 0 rings (SSSR count). The van der Waals surface area contributed by atoms with Gasteiger partial charge in [-0.05, 0) is 19.3 Å². The lowest BCUT2D eigenvalue weighted by Gasteiger charge is -2.37. The van der Waals surface area contributed by atoms with E-state index in [-0.39, 0.29) is 0 Å². The highest BCUT2D eigenvalue weighted by molar-refractivity contribution is 8.11. The largest absolute Gasteiger partial charge is 0.307 e. The highest BCUT2D eigenvalue weighted by atomic mass is 32.3. The zero-order valence-electron chi connectivity index (χ0n) is 28.0. The Morgan fingerprint density at radius 1 is 0.375 bits per heavy atom. The van der Waals surface area contributed by atoms with Crippen molar-refractivity contribution in [2.24, 2.45) is 0 Å². The van der Waals surface area contributed by atoms with E-state index in [0.717, 1.165) is 38.5 Å². The molecule has 1 N–H and O–H groups in total. The molecular formula is C36H76O3S. The molecule has 0 amide bonds. The first-order valence-electron chi connectivity index (χ1n) is 18.5. The van der Waals surface area contributed by atoms with Gasteiger partial charge in [0.15, 0.2) is 0 Å². The van der Waals surface area contributed by atoms with Crippen LogP contribution in [-0.2, 0) is 13.8 Å². The Kier molecular flexibility index (Phi) is 29.2. The molecule has 0 aromatic heterocycles. The van der Waals surface area contributed by atoms with Crippen molar-refractivity contribution in [3.63, 3.8) is 0 Å². The fraction of sp³-hybridized carbons (Fsp3) is 1.00. The van der Waals surface area contributed by atoms with E-state index in [9.17, 15) is 8.76 Å². The van der Waals surface area contributed by atoms with Crippen LogP contribution >= 0.6 is 0 Å². The third-order valence-corrected chi connectivity index (χ3v) is 11.5. The first kappa shape index (κ1) is 40.1. The lowest BCUT2D eigenvalue weighted by atomic mass is 10.1. The highest BCUT2D eigenvalue weighted by Crippen LogP contribution is 2.29. The summed E-state index contributed by atoms with van der Waals surface area (Å²) < 4.78 is 31.2. The van der Waals surface area contributed by atoms with Gasteiger partial charge in [-0.25, -0.2) is 4.21 Å². The molecule has 0 spiro atoms. The maximum atomic E-state index is 13.9. The van der Waals surface area contributed by atoms with Gasteiger partial charge >= 0.3 is 0 Å². The summed E-state index contributed by atoms with van der Waals surface area (Å²) in [6.07, 6.45) is 37.5. The van der Waals surface area contributed by atoms with Crippen LogP contribution in [0.3, 0.4) is 0 Å². The fourth-order valence-corrected chi connectivity index (χ4v) is 8.29. The molecule has 0 saturated heterocycles. The number of hydrogen-bond acceptors (Lipinski definition) is 2. The Bertz CT molecular complexity index is 534. The molecule has 3 nitrogen and oxygen atoms in total. The Hall–Kier alpha value is 0.0700.